The van der Waals surface area contributed by atoms with E-state index in [0.29, 0.717) is 0 Å². The van der Waals surface area contributed by atoms with Crippen molar-refractivity contribution >= 4 is 5.97 Å². The summed E-state index contributed by atoms with van der Waals surface area (Å²) >= 11 is 0. The first-order chi connectivity index (χ1) is 17.9. The highest BCUT2D eigenvalue weighted by atomic mass is 16.7. The lowest BCUT2D eigenvalue weighted by Crippen LogP contribution is -2.66. The molecule has 3 fully saturated rings. The number of carbonyl (C=O) groups is 1. The van der Waals surface area contributed by atoms with Crippen molar-refractivity contribution in [1.82, 2.24) is 0 Å². The van der Waals surface area contributed by atoms with Gasteiger partial charge in [-0.1, -0.05) is 6.92 Å². The summed E-state index contributed by atoms with van der Waals surface area (Å²) < 4.78 is 31.9. The Morgan fingerprint density at radius 1 is 0.632 bits per heavy atom. The van der Waals surface area contributed by atoms with Crippen LogP contribution in [0.2, 0.25) is 0 Å². The van der Waals surface area contributed by atoms with Gasteiger partial charge in [0.2, 0.25) is 0 Å². The van der Waals surface area contributed by atoms with Crippen molar-refractivity contribution in [2.45, 2.75) is 105 Å². The van der Waals surface area contributed by atoms with Gasteiger partial charge >= 0.3 is 5.97 Å². The van der Waals surface area contributed by atoms with Crippen LogP contribution in [0.15, 0.2) is 0 Å². The van der Waals surface area contributed by atoms with Gasteiger partial charge in [-0.3, -0.25) is 4.79 Å². The molecule has 38 heavy (non-hydrogen) atoms. The Morgan fingerprint density at radius 2 is 1.21 bits per heavy atom. The average Bonchev–Trinajstić information content (AvgIpc) is 2.91. The highest BCUT2D eigenvalue weighted by Gasteiger charge is 2.53. The Morgan fingerprint density at radius 3 is 1.82 bits per heavy atom. The molecule has 17 nitrogen and oxygen atoms in total. The van der Waals surface area contributed by atoms with Crippen molar-refractivity contribution in [3.8, 4) is 0 Å². The van der Waals surface area contributed by atoms with Crippen LogP contribution in [0.4, 0.5) is 0 Å². The van der Waals surface area contributed by atoms with Gasteiger partial charge in [0.25, 0.3) is 0 Å². The van der Waals surface area contributed by atoms with Gasteiger partial charge in [0.15, 0.2) is 18.9 Å². The van der Waals surface area contributed by atoms with Crippen molar-refractivity contribution in [1.29, 1.82) is 0 Å². The van der Waals surface area contributed by atoms with Crippen LogP contribution in [0, 0.1) is 0 Å². The molecule has 0 spiro atoms. The molecular formula is C21H36O17. The van der Waals surface area contributed by atoms with Gasteiger partial charge in [-0.05, 0) is 0 Å². The molecular weight excluding hydrogens is 524 g/mol. The first kappa shape index (κ1) is 31.4. The van der Waals surface area contributed by atoms with E-state index < -0.39 is 118 Å². The molecule has 3 heterocycles. The lowest BCUT2D eigenvalue weighted by molar-refractivity contribution is -0.378. The molecule has 0 aromatic carbocycles. The van der Waals surface area contributed by atoms with Crippen LogP contribution in [-0.4, -0.2) is 169 Å². The molecule has 0 amide bonds. The standard InChI is InChI=1S/C21H36O17/c1-2-9(24)33-5-8-11(26)18(38-20-15(30)12(27)10(25)6(3-22)35-20)16(31)21(36-8)37-17-7(4-23)34-19(32)14(29)13(17)28/h6-8,10-23,25-32H,2-5H2,1H3/t6-,7-,8-,10+,11+,12+,13-,14-,15-,16-,17-,18+,19?,20-,21+/m1/s1. The van der Waals surface area contributed by atoms with Gasteiger partial charge in [0.05, 0.1) is 13.2 Å². The molecule has 15 atom stereocenters. The summed E-state index contributed by atoms with van der Waals surface area (Å²) in [5.74, 6) is -0.663. The largest absolute Gasteiger partial charge is 0.463 e. The fourth-order valence-corrected chi connectivity index (χ4v) is 4.31. The number of hydrogen-bond acceptors (Lipinski definition) is 17. The molecule has 3 aliphatic rings. The van der Waals surface area contributed by atoms with Crippen LogP contribution in [-0.2, 0) is 33.2 Å². The lowest BCUT2D eigenvalue weighted by atomic mass is 9.96. The number of esters is 1. The second-order valence-electron chi connectivity index (χ2n) is 9.19. The molecule has 0 aliphatic carbocycles. The third-order valence-corrected chi connectivity index (χ3v) is 6.61. The molecule has 3 saturated heterocycles. The number of hydrogen-bond donors (Lipinski definition) is 10. The second kappa shape index (κ2) is 13.5. The summed E-state index contributed by atoms with van der Waals surface area (Å²) in [4.78, 5) is 11.7. The molecule has 3 rings (SSSR count). The number of rotatable bonds is 9. The summed E-state index contributed by atoms with van der Waals surface area (Å²) in [7, 11) is 0. The van der Waals surface area contributed by atoms with E-state index in [1.165, 1.54) is 6.92 Å². The molecule has 10 N–H and O–H groups in total. The molecule has 17 heteroatoms. The van der Waals surface area contributed by atoms with Crippen molar-refractivity contribution < 1.29 is 84.3 Å². The Balaban J connectivity index is 1.83. The fourth-order valence-electron chi connectivity index (χ4n) is 4.31. The summed E-state index contributed by atoms with van der Waals surface area (Å²) in [6.07, 6.45) is -25.8. The molecule has 0 bridgehead atoms. The quantitative estimate of drug-likeness (QED) is 0.117. The monoisotopic (exact) mass is 560 g/mol. The molecule has 1 unspecified atom stereocenters. The van der Waals surface area contributed by atoms with Crippen molar-refractivity contribution in [3.05, 3.63) is 0 Å². The van der Waals surface area contributed by atoms with E-state index in [-0.39, 0.29) is 6.42 Å². The van der Waals surface area contributed by atoms with Gasteiger partial charge in [-0.15, -0.1) is 0 Å². The summed E-state index contributed by atoms with van der Waals surface area (Å²) in [5.41, 5.74) is 0. The normalized spacial score (nSPS) is 48.0. The summed E-state index contributed by atoms with van der Waals surface area (Å²) in [6, 6.07) is 0. The number of carbonyl (C=O) groups excluding carboxylic acids is 1. The van der Waals surface area contributed by atoms with Crippen LogP contribution in [0.25, 0.3) is 0 Å². The SMILES string of the molecule is CCC(=O)OC[C@H]1O[C@@H](O[C@H]2[C@H](O)[C@@H](O)C(O)O[C@@H]2CO)[C@H](O)[C@@H](O[C@H]2O[C@H](CO)[C@H](O)[C@H](O)[C@H]2O)[C@H]1O. The van der Waals surface area contributed by atoms with E-state index >= 15 is 0 Å². The van der Waals surface area contributed by atoms with Gasteiger partial charge in [0, 0.05) is 6.42 Å². The minimum Gasteiger partial charge on any atom is -0.463 e. The van der Waals surface area contributed by atoms with Crippen molar-refractivity contribution in [2.75, 3.05) is 19.8 Å². The van der Waals surface area contributed by atoms with Gasteiger partial charge in [-0.2, -0.15) is 0 Å². The van der Waals surface area contributed by atoms with Crippen molar-refractivity contribution in [3.63, 3.8) is 0 Å². The first-order valence-electron chi connectivity index (χ1n) is 12.0. The average molecular weight is 561 g/mol. The predicted octanol–water partition coefficient (Wildman–Crippen LogP) is -6.61. The molecule has 0 aromatic rings. The zero-order chi connectivity index (χ0) is 28.3. The Bertz CT molecular complexity index is 753. The number of ether oxygens (including phenoxy) is 6. The zero-order valence-electron chi connectivity index (χ0n) is 20.3. The van der Waals surface area contributed by atoms with Crippen LogP contribution >= 0.6 is 0 Å². The van der Waals surface area contributed by atoms with E-state index in [4.69, 9.17) is 28.4 Å². The fraction of sp³-hybridized carbons (Fsp3) is 0.952. The van der Waals surface area contributed by atoms with E-state index in [2.05, 4.69) is 0 Å². The Hall–Kier alpha value is -1.13. The predicted molar refractivity (Wildman–Crippen MR) is 115 cm³/mol. The second-order valence-corrected chi connectivity index (χ2v) is 9.19. The molecule has 222 valence electrons. The van der Waals surface area contributed by atoms with Crippen LogP contribution in [0.1, 0.15) is 13.3 Å². The number of aliphatic hydroxyl groups excluding tert-OH is 10. The van der Waals surface area contributed by atoms with Crippen LogP contribution in [0.5, 0.6) is 0 Å². The van der Waals surface area contributed by atoms with E-state index in [0.717, 1.165) is 0 Å². The molecule has 0 saturated carbocycles. The van der Waals surface area contributed by atoms with Gasteiger partial charge in [0.1, 0.15) is 79.9 Å². The first-order valence-corrected chi connectivity index (χ1v) is 12.0. The minimum absolute atomic E-state index is 0.0137. The maximum atomic E-state index is 11.7. The summed E-state index contributed by atoms with van der Waals surface area (Å²) in [6.45, 7) is -0.621. The van der Waals surface area contributed by atoms with Crippen molar-refractivity contribution in [2.24, 2.45) is 0 Å². The summed E-state index contributed by atoms with van der Waals surface area (Å²) in [5, 5.41) is 101. The maximum absolute atomic E-state index is 11.7. The lowest BCUT2D eigenvalue weighted by Gasteiger charge is -2.48. The molecule has 0 aromatic heterocycles. The third-order valence-electron chi connectivity index (χ3n) is 6.61. The maximum Gasteiger partial charge on any atom is 0.305 e. The highest BCUT2D eigenvalue weighted by molar-refractivity contribution is 5.68. The highest BCUT2D eigenvalue weighted by Crippen LogP contribution is 2.32. The molecule has 0 radical (unpaired) electrons. The van der Waals surface area contributed by atoms with Crippen LogP contribution < -0.4 is 0 Å². The third kappa shape index (κ3) is 6.60. The van der Waals surface area contributed by atoms with Gasteiger partial charge < -0.3 is 79.5 Å². The number of aliphatic hydroxyl groups is 10. The smallest absolute Gasteiger partial charge is 0.305 e. The van der Waals surface area contributed by atoms with Gasteiger partial charge in [-0.25, -0.2) is 0 Å². The van der Waals surface area contributed by atoms with E-state index in [1.807, 2.05) is 0 Å². The Labute approximate surface area is 216 Å². The van der Waals surface area contributed by atoms with E-state index in [9.17, 15) is 55.9 Å². The topological polar surface area (TPSA) is 275 Å². The van der Waals surface area contributed by atoms with Crippen LogP contribution in [0.3, 0.4) is 0 Å². The Kier molecular flexibility index (Phi) is 11.1. The molecule has 3 aliphatic heterocycles. The van der Waals surface area contributed by atoms with E-state index in [1.54, 1.807) is 0 Å². The zero-order valence-corrected chi connectivity index (χ0v) is 20.3. The minimum atomic E-state index is -1.94.